The lowest BCUT2D eigenvalue weighted by molar-refractivity contribution is 0.464. The molecule has 3 aromatic rings. The van der Waals surface area contributed by atoms with Crippen molar-refractivity contribution in [3.8, 4) is 5.75 Å². The van der Waals surface area contributed by atoms with Crippen LogP contribution in [-0.4, -0.2) is 24.6 Å². The predicted molar refractivity (Wildman–Crippen MR) is 81.4 cm³/mol. The number of nitrogens with zero attached hydrogens (tertiary/aromatic N) is 4. The molecular formula is C14H14ClN5O. The molecule has 0 saturated heterocycles. The third kappa shape index (κ3) is 2.27. The molecule has 0 aliphatic carbocycles. The maximum atomic E-state index is 10.0. The van der Waals surface area contributed by atoms with E-state index in [2.05, 4.69) is 15.0 Å². The number of hydrogen-bond donors (Lipinski definition) is 2. The van der Waals surface area contributed by atoms with Gasteiger partial charge in [-0.1, -0.05) is 11.6 Å². The van der Waals surface area contributed by atoms with Gasteiger partial charge in [-0.3, -0.25) is 4.98 Å². The minimum Gasteiger partial charge on any atom is -0.507 e. The number of nitrogens with two attached hydrogens (primary N) is 1. The number of hydrogen-bond acceptors (Lipinski definition) is 5. The Labute approximate surface area is 126 Å². The van der Waals surface area contributed by atoms with E-state index in [-0.39, 0.29) is 11.7 Å². The number of halogens is 1. The van der Waals surface area contributed by atoms with Crippen LogP contribution in [0.2, 0.25) is 5.15 Å². The molecule has 0 aromatic carbocycles. The molecule has 0 saturated carbocycles. The van der Waals surface area contributed by atoms with Crippen molar-refractivity contribution in [2.75, 3.05) is 5.73 Å². The zero-order chi connectivity index (χ0) is 15.1. The van der Waals surface area contributed by atoms with Crippen molar-refractivity contribution in [3.05, 3.63) is 40.4 Å². The second kappa shape index (κ2) is 4.89. The van der Waals surface area contributed by atoms with Gasteiger partial charge >= 0.3 is 0 Å². The lowest BCUT2D eigenvalue weighted by Crippen LogP contribution is -2.05. The second-order valence-electron chi connectivity index (χ2n) is 4.92. The fourth-order valence-corrected chi connectivity index (χ4v) is 2.49. The molecule has 0 atom stereocenters. The minimum atomic E-state index is 0.129. The van der Waals surface area contributed by atoms with E-state index in [9.17, 15) is 5.11 Å². The summed E-state index contributed by atoms with van der Waals surface area (Å²) in [5.74, 6) is 0.396. The van der Waals surface area contributed by atoms with E-state index < -0.39 is 0 Å². The monoisotopic (exact) mass is 303 g/mol. The number of fused-ring (bicyclic) bond motifs is 1. The van der Waals surface area contributed by atoms with Crippen molar-refractivity contribution >= 4 is 28.6 Å². The first-order valence-corrected chi connectivity index (χ1v) is 6.77. The maximum absolute atomic E-state index is 10.0. The number of aromatic hydroxyl groups is 1. The van der Waals surface area contributed by atoms with E-state index in [0.29, 0.717) is 17.3 Å². The molecule has 0 aliphatic heterocycles. The largest absolute Gasteiger partial charge is 0.507 e. The van der Waals surface area contributed by atoms with Gasteiger partial charge in [0.1, 0.15) is 16.5 Å². The highest BCUT2D eigenvalue weighted by atomic mass is 35.5. The molecule has 0 spiro atoms. The Morgan fingerprint density at radius 3 is 2.86 bits per heavy atom. The normalized spacial score (nSPS) is 11.2. The fourth-order valence-electron chi connectivity index (χ4n) is 2.26. The Bertz CT molecular complexity index is 843. The molecule has 3 heterocycles. The van der Waals surface area contributed by atoms with Crippen LogP contribution in [0.5, 0.6) is 5.75 Å². The molecule has 0 fully saturated rings. The first kappa shape index (κ1) is 13.6. The Morgan fingerprint density at radius 1 is 1.33 bits per heavy atom. The Kier molecular flexibility index (Phi) is 3.17. The van der Waals surface area contributed by atoms with Crippen molar-refractivity contribution in [3.63, 3.8) is 0 Å². The van der Waals surface area contributed by atoms with Gasteiger partial charge in [-0.2, -0.15) is 4.98 Å². The van der Waals surface area contributed by atoms with Crippen molar-refractivity contribution < 1.29 is 5.11 Å². The number of aromatic nitrogens is 4. The van der Waals surface area contributed by atoms with Crippen molar-refractivity contribution in [2.24, 2.45) is 0 Å². The zero-order valence-electron chi connectivity index (χ0n) is 11.6. The van der Waals surface area contributed by atoms with Crippen LogP contribution in [0.25, 0.3) is 11.0 Å². The standard InChI is InChI=1S/C14H14ClN5O/c1-7-5-17-10(8(2)11(7)21)6-20-4-3-9-12(15)18-14(16)19-13(9)20/h3-5H,6H2,1-2H3,(H,17,21)(H2,16,18,19). The van der Waals surface area contributed by atoms with Crippen molar-refractivity contribution in [1.29, 1.82) is 0 Å². The van der Waals surface area contributed by atoms with Crippen LogP contribution in [0.3, 0.4) is 0 Å². The summed E-state index contributed by atoms with van der Waals surface area (Å²) >= 11 is 6.06. The van der Waals surface area contributed by atoms with Crippen LogP contribution in [0.1, 0.15) is 16.8 Å². The molecule has 108 valence electrons. The first-order valence-electron chi connectivity index (χ1n) is 6.39. The second-order valence-corrected chi connectivity index (χ2v) is 5.27. The Balaban J connectivity index is 2.09. The molecule has 0 amide bonds. The van der Waals surface area contributed by atoms with Crippen LogP contribution < -0.4 is 5.73 Å². The van der Waals surface area contributed by atoms with Crippen LogP contribution in [-0.2, 0) is 6.54 Å². The number of rotatable bonds is 2. The van der Waals surface area contributed by atoms with Gasteiger partial charge in [-0.15, -0.1) is 0 Å². The predicted octanol–water partition coefficient (Wildman–Crippen LogP) is 2.43. The van der Waals surface area contributed by atoms with Gasteiger partial charge in [0.05, 0.1) is 17.6 Å². The van der Waals surface area contributed by atoms with Crippen LogP contribution in [0, 0.1) is 13.8 Å². The van der Waals surface area contributed by atoms with Gasteiger partial charge < -0.3 is 15.4 Å². The van der Waals surface area contributed by atoms with Crippen LogP contribution in [0.4, 0.5) is 5.95 Å². The number of pyridine rings is 1. The van der Waals surface area contributed by atoms with Crippen molar-refractivity contribution in [2.45, 2.75) is 20.4 Å². The van der Waals surface area contributed by atoms with Gasteiger partial charge in [0, 0.05) is 23.5 Å². The molecule has 0 bridgehead atoms. The summed E-state index contributed by atoms with van der Waals surface area (Å²) < 4.78 is 1.88. The van der Waals surface area contributed by atoms with Crippen LogP contribution in [0.15, 0.2) is 18.5 Å². The molecule has 21 heavy (non-hydrogen) atoms. The smallest absolute Gasteiger partial charge is 0.223 e. The molecule has 0 aliphatic rings. The third-order valence-corrected chi connectivity index (χ3v) is 3.77. The van der Waals surface area contributed by atoms with Gasteiger partial charge in [0.2, 0.25) is 5.95 Å². The molecule has 0 radical (unpaired) electrons. The summed E-state index contributed by atoms with van der Waals surface area (Å²) in [6, 6.07) is 1.83. The van der Waals surface area contributed by atoms with Gasteiger partial charge in [-0.25, -0.2) is 4.98 Å². The van der Waals surface area contributed by atoms with Crippen LogP contribution >= 0.6 is 11.6 Å². The summed E-state index contributed by atoms with van der Waals surface area (Å²) in [7, 11) is 0. The summed E-state index contributed by atoms with van der Waals surface area (Å²) in [6.45, 7) is 4.13. The summed E-state index contributed by atoms with van der Waals surface area (Å²) in [6.07, 6.45) is 3.50. The Morgan fingerprint density at radius 2 is 2.10 bits per heavy atom. The van der Waals surface area contributed by atoms with E-state index in [1.54, 1.807) is 6.20 Å². The summed E-state index contributed by atoms with van der Waals surface area (Å²) in [5.41, 5.74) is 8.57. The number of nitrogen functional groups attached to an aromatic ring is 1. The highest BCUT2D eigenvalue weighted by molar-refractivity contribution is 6.34. The van der Waals surface area contributed by atoms with Crippen molar-refractivity contribution in [1.82, 2.24) is 19.5 Å². The lowest BCUT2D eigenvalue weighted by atomic mass is 10.1. The maximum Gasteiger partial charge on any atom is 0.223 e. The van der Waals surface area contributed by atoms with E-state index in [1.807, 2.05) is 30.7 Å². The lowest BCUT2D eigenvalue weighted by Gasteiger charge is -2.10. The van der Waals surface area contributed by atoms with E-state index in [0.717, 1.165) is 22.2 Å². The third-order valence-electron chi connectivity index (χ3n) is 3.49. The minimum absolute atomic E-state index is 0.129. The van der Waals surface area contributed by atoms with Gasteiger partial charge in [0.15, 0.2) is 0 Å². The molecule has 7 heteroatoms. The highest BCUT2D eigenvalue weighted by Gasteiger charge is 2.12. The average molecular weight is 304 g/mol. The first-order chi connectivity index (χ1) is 9.97. The topological polar surface area (TPSA) is 89.9 Å². The summed E-state index contributed by atoms with van der Waals surface area (Å²) in [5, 5.41) is 11.1. The van der Waals surface area contributed by atoms with Gasteiger partial charge in [0.25, 0.3) is 0 Å². The fraction of sp³-hybridized carbons (Fsp3) is 0.214. The molecular weight excluding hydrogens is 290 g/mol. The number of aryl methyl sites for hydroxylation is 1. The molecule has 6 nitrogen and oxygen atoms in total. The summed E-state index contributed by atoms with van der Waals surface area (Å²) in [4.78, 5) is 12.5. The van der Waals surface area contributed by atoms with Gasteiger partial charge in [-0.05, 0) is 19.9 Å². The molecule has 3 aromatic heterocycles. The number of anilines is 1. The highest BCUT2D eigenvalue weighted by Crippen LogP contribution is 2.26. The molecule has 0 unspecified atom stereocenters. The molecule has 3 N–H and O–H groups in total. The molecule has 3 rings (SSSR count). The van der Waals surface area contributed by atoms with E-state index in [1.165, 1.54) is 0 Å². The Hall–Kier alpha value is -2.34. The SMILES string of the molecule is Cc1cnc(Cn2ccc3c(Cl)nc(N)nc32)c(C)c1O. The quantitative estimate of drug-likeness (QED) is 0.710. The van der Waals surface area contributed by atoms with E-state index >= 15 is 0 Å². The average Bonchev–Trinajstić information content (AvgIpc) is 2.83. The zero-order valence-corrected chi connectivity index (χ0v) is 12.4. The van der Waals surface area contributed by atoms with E-state index in [4.69, 9.17) is 17.3 Å².